The fraction of sp³-hybridized carbons (Fsp3) is 0.364. The summed E-state index contributed by atoms with van der Waals surface area (Å²) in [5.41, 5.74) is 3.30. The van der Waals surface area contributed by atoms with E-state index in [-0.39, 0.29) is 11.9 Å². The van der Waals surface area contributed by atoms with Crippen LogP contribution in [-0.4, -0.2) is 24.0 Å². The molecule has 2 aromatic carbocycles. The van der Waals surface area contributed by atoms with Gasteiger partial charge in [0.05, 0.1) is 19.3 Å². The summed E-state index contributed by atoms with van der Waals surface area (Å²) in [6.45, 7) is 2.91. The number of ether oxygens (including phenoxy) is 1. The van der Waals surface area contributed by atoms with Crippen molar-refractivity contribution in [1.82, 2.24) is 10.2 Å². The molecule has 5 heteroatoms. The number of nitrogens with zero attached hydrogens (tertiary/aromatic N) is 2. The first kappa shape index (κ1) is 18.9. The van der Waals surface area contributed by atoms with Gasteiger partial charge in [0.15, 0.2) is 0 Å². The lowest BCUT2D eigenvalue weighted by molar-refractivity contribution is 0.107. The summed E-state index contributed by atoms with van der Waals surface area (Å²) < 4.78 is 5.78. The average Bonchev–Trinajstić information content (AvgIpc) is 2.73. The van der Waals surface area contributed by atoms with E-state index in [0.29, 0.717) is 32.8 Å². The van der Waals surface area contributed by atoms with Crippen molar-refractivity contribution in [3.05, 3.63) is 71.3 Å². The Labute approximate surface area is 160 Å². The predicted octanol–water partition coefficient (Wildman–Crippen LogP) is 3.85. The van der Waals surface area contributed by atoms with Crippen LogP contribution in [0.5, 0.6) is 0 Å². The van der Waals surface area contributed by atoms with Gasteiger partial charge in [-0.25, -0.2) is 4.79 Å². The molecule has 0 aromatic heterocycles. The first-order chi connectivity index (χ1) is 13.2. The molecule has 27 heavy (non-hydrogen) atoms. The van der Waals surface area contributed by atoms with Gasteiger partial charge in [-0.3, -0.25) is 0 Å². The van der Waals surface area contributed by atoms with Gasteiger partial charge >= 0.3 is 6.03 Å². The normalized spacial score (nSPS) is 14.6. The zero-order chi connectivity index (χ0) is 18.9. The van der Waals surface area contributed by atoms with Gasteiger partial charge in [-0.1, -0.05) is 54.6 Å². The molecule has 0 unspecified atom stereocenters. The fourth-order valence-electron chi connectivity index (χ4n) is 3.19. The van der Waals surface area contributed by atoms with Crippen molar-refractivity contribution in [1.29, 1.82) is 5.26 Å². The number of amides is 2. The molecule has 0 spiro atoms. The predicted molar refractivity (Wildman–Crippen MR) is 104 cm³/mol. The molecule has 2 aromatic rings. The Morgan fingerprint density at radius 2 is 1.70 bits per heavy atom. The van der Waals surface area contributed by atoms with Gasteiger partial charge in [0, 0.05) is 25.6 Å². The van der Waals surface area contributed by atoms with Gasteiger partial charge in [-0.05, 0) is 29.5 Å². The second-order valence-electron chi connectivity index (χ2n) is 6.85. The third-order valence-corrected chi connectivity index (χ3v) is 4.78. The number of benzene rings is 2. The summed E-state index contributed by atoms with van der Waals surface area (Å²) in [6.07, 6.45) is 1.52. The number of nitriles is 1. The van der Waals surface area contributed by atoms with Gasteiger partial charge in [0.1, 0.15) is 0 Å². The second kappa shape index (κ2) is 9.75. The monoisotopic (exact) mass is 363 g/mol. The van der Waals surface area contributed by atoms with E-state index in [2.05, 4.69) is 17.5 Å². The molecule has 1 N–H and O–H groups in total. The summed E-state index contributed by atoms with van der Waals surface area (Å²) >= 11 is 0. The zero-order valence-electron chi connectivity index (χ0n) is 15.4. The standard InChI is InChI=1S/C22H25N3O2/c23-14-18-9-11-25(12-10-18)22(26)24-15-20-7-4-8-21(13-20)17-27-16-19-5-2-1-3-6-19/h1-8,13,18H,9-12,15-17H2,(H,24,26). The van der Waals surface area contributed by atoms with Gasteiger partial charge in [0.2, 0.25) is 0 Å². The van der Waals surface area contributed by atoms with Crippen LogP contribution >= 0.6 is 0 Å². The molecule has 140 valence electrons. The van der Waals surface area contributed by atoms with E-state index >= 15 is 0 Å². The first-order valence-electron chi connectivity index (χ1n) is 9.36. The van der Waals surface area contributed by atoms with Crippen LogP contribution in [-0.2, 0) is 24.5 Å². The zero-order valence-corrected chi connectivity index (χ0v) is 15.4. The average molecular weight is 363 g/mol. The molecule has 3 rings (SSSR count). The summed E-state index contributed by atoms with van der Waals surface area (Å²) in [5.74, 6) is 0.0848. The second-order valence-corrected chi connectivity index (χ2v) is 6.85. The number of hydrogen-bond acceptors (Lipinski definition) is 3. The molecule has 0 bridgehead atoms. The molecular formula is C22H25N3O2. The molecule has 1 aliphatic heterocycles. The highest BCUT2D eigenvalue weighted by Crippen LogP contribution is 2.16. The smallest absolute Gasteiger partial charge is 0.317 e. The number of nitrogens with one attached hydrogen (secondary N) is 1. The van der Waals surface area contributed by atoms with Crippen LogP contribution < -0.4 is 5.32 Å². The van der Waals surface area contributed by atoms with Crippen LogP contribution in [0.25, 0.3) is 0 Å². The fourth-order valence-corrected chi connectivity index (χ4v) is 3.19. The first-order valence-corrected chi connectivity index (χ1v) is 9.36. The lowest BCUT2D eigenvalue weighted by Gasteiger charge is -2.29. The summed E-state index contributed by atoms with van der Waals surface area (Å²) in [7, 11) is 0. The lowest BCUT2D eigenvalue weighted by atomic mass is 9.99. The maximum absolute atomic E-state index is 12.3. The topological polar surface area (TPSA) is 65.4 Å². The van der Waals surface area contributed by atoms with E-state index < -0.39 is 0 Å². The van der Waals surface area contributed by atoms with E-state index in [4.69, 9.17) is 10.00 Å². The number of carbonyl (C=O) groups is 1. The molecule has 1 saturated heterocycles. The van der Waals surface area contributed by atoms with E-state index in [1.54, 1.807) is 4.90 Å². The molecule has 0 radical (unpaired) electrons. The molecule has 1 heterocycles. The van der Waals surface area contributed by atoms with Gasteiger partial charge in [-0.15, -0.1) is 0 Å². The number of carbonyl (C=O) groups excluding carboxylic acids is 1. The Hall–Kier alpha value is -2.84. The van der Waals surface area contributed by atoms with Gasteiger partial charge in [0.25, 0.3) is 0 Å². The minimum absolute atomic E-state index is 0.0582. The van der Waals surface area contributed by atoms with E-state index in [0.717, 1.165) is 29.5 Å². The van der Waals surface area contributed by atoms with Crippen molar-refractivity contribution in [3.8, 4) is 6.07 Å². The van der Waals surface area contributed by atoms with Crippen molar-refractivity contribution in [2.75, 3.05) is 13.1 Å². The minimum Gasteiger partial charge on any atom is -0.372 e. The molecule has 1 fully saturated rings. The molecule has 0 saturated carbocycles. The highest BCUT2D eigenvalue weighted by Gasteiger charge is 2.22. The van der Waals surface area contributed by atoms with Crippen LogP contribution in [0.4, 0.5) is 4.79 Å². The maximum Gasteiger partial charge on any atom is 0.317 e. The number of hydrogen-bond donors (Lipinski definition) is 1. The molecular weight excluding hydrogens is 338 g/mol. The summed E-state index contributed by atoms with van der Waals surface area (Å²) in [6, 6.07) is 20.4. The number of likely N-dealkylation sites (tertiary alicyclic amines) is 1. The van der Waals surface area contributed by atoms with Crippen molar-refractivity contribution >= 4 is 6.03 Å². The van der Waals surface area contributed by atoms with E-state index in [1.165, 1.54) is 0 Å². The Kier molecular flexibility index (Phi) is 6.84. The van der Waals surface area contributed by atoms with E-state index in [1.807, 2.05) is 48.5 Å². The van der Waals surface area contributed by atoms with Crippen molar-refractivity contribution in [3.63, 3.8) is 0 Å². The van der Waals surface area contributed by atoms with Crippen molar-refractivity contribution in [2.24, 2.45) is 5.92 Å². The Morgan fingerprint density at radius 1 is 1.04 bits per heavy atom. The maximum atomic E-state index is 12.3. The Morgan fingerprint density at radius 3 is 2.44 bits per heavy atom. The Bertz CT molecular complexity index is 778. The number of urea groups is 1. The number of rotatable bonds is 6. The Balaban J connectivity index is 1.43. The van der Waals surface area contributed by atoms with Gasteiger partial charge < -0.3 is 15.0 Å². The highest BCUT2D eigenvalue weighted by atomic mass is 16.5. The minimum atomic E-state index is -0.0582. The van der Waals surface area contributed by atoms with Crippen LogP contribution in [0.1, 0.15) is 29.5 Å². The molecule has 2 amide bonds. The quantitative estimate of drug-likeness (QED) is 0.848. The molecule has 5 nitrogen and oxygen atoms in total. The van der Waals surface area contributed by atoms with Crippen LogP contribution in [0.3, 0.4) is 0 Å². The van der Waals surface area contributed by atoms with Gasteiger partial charge in [-0.2, -0.15) is 5.26 Å². The highest BCUT2D eigenvalue weighted by molar-refractivity contribution is 5.74. The van der Waals surface area contributed by atoms with Crippen LogP contribution in [0.2, 0.25) is 0 Å². The lowest BCUT2D eigenvalue weighted by Crippen LogP contribution is -2.44. The molecule has 0 atom stereocenters. The largest absolute Gasteiger partial charge is 0.372 e. The summed E-state index contributed by atoms with van der Waals surface area (Å²) in [5, 5.41) is 11.9. The number of piperidine rings is 1. The van der Waals surface area contributed by atoms with Crippen LogP contribution in [0.15, 0.2) is 54.6 Å². The third-order valence-electron chi connectivity index (χ3n) is 4.78. The van der Waals surface area contributed by atoms with E-state index in [9.17, 15) is 4.79 Å². The van der Waals surface area contributed by atoms with Crippen molar-refractivity contribution < 1.29 is 9.53 Å². The summed E-state index contributed by atoms with van der Waals surface area (Å²) in [4.78, 5) is 14.1. The SMILES string of the molecule is N#CC1CCN(C(=O)NCc2cccc(COCc3ccccc3)c2)CC1. The van der Waals surface area contributed by atoms with Crippen LogP contribution in [0, 0.1) is 17.2 Å². The molecule has 1 aliphatic rings. The van der Waals surface area contributed by atoms with Crippen molar-refractivity contribution in [2.45, 2.75) is 32.6 Å². The third kappa shape index (κ3) is 5.83. The molecule has 0 aliphatic carbocycles.